The van der Waals surface area contributed by atoms with Gasteiger partial charge in [0.2, 0.25) is 0 Å². The third-order valence-electron chi connectivity index (χ3n) is 2.39. The molecule has 0 atom stereocenters. The fraction of sp³-hybridized carbons (Fsp3) is 0.750. The van der Waals surface area contributed by atoms with Gasteiger partial charge in [-0.3, -0.25) is 9.05 Å². The summed E-state index contributed by atoms with van der Waals surface area (Å²) >= 11 is 0. The smallest absolute Gasteiger partial charge is 0.382 e. The van der Waals surface area contributed by atoms with Crippen LogP contribution in [0, 0.1) is 6.92 Å². The van der Waals surface area contributed by atoms with Crippen molar-refractivity contribution in [3.63, 3.8) is 0 Å². The van der Waals surface area contributed by atoms with Crippen molar-refractivity contribution in [2.45, 2.75) is 6.92 Å². The second kappa shape index (κ2) is 8.51. The van der Waals surface area contributed by atoms with Gasteiger partial charge in [-0.2, -0.15) is 0 Å². The molecule has 122 valence electrons. The molecule has 1 rings (SSSR count). The van der Waals surface area contributed by atoms with E-state index in [1.54, 1.807) is 6.92 Å². The van der Waals surface area contributed by atoms with Gasteiger partial charge in [-0.05, 0) is 40.3 Å². The average molecular weight is 321 g/mol. The van der Waals surface area contributed by atoms with Crippen molar-refractivity contribution in [3.8, 4) is 5.88 Å². The average Bonchev–Trinajstić information content (AvgIpc) is 2.73. The Balaban J connectivity index is 2.61. The molecule has 9 heteroatoms. The van der Waals surface area contributed by atoms with Crippen LogP contribution in [0.25, 0.3) is 0 Å². The Hall–Kier alpha value is -0.920. The standard InChI is InChI=1S/C12H24N3O5P/c1-11-10-12(13-19-11)20-21(16,17-8-6-14(2)3)18-9-7-15(4)5/h10H,6-9H2,1-5H3. The van der Waals surface area contributed by atoms with E-state index in [2.05, 4.69) is 5.16 Å². The van der Waals surface area contributed by atoms with Crippen LogP contribution in [-0.4, -0.2) is 69.5 Å². The van der Waals surface area contributed by atoms with Crippen LogP contribution in [0.1, 0.15) is 5.76 Å². The predicted octanol–water partition coefficient (Wildman–Crippen LogP) is 1.63. The first-order valence-electron chi connectivity index (χ1n) is 6.62. The van der Waals surface area contributed by atoms with Gasteiger partial charge in [-0.1, -0.05) is 0 Å². The lowest BCUT2D eigenvalue weighted by Crippen LogP contribution is -2.20. The third kappa shape index (κ3) is 7.59. The number of hydrogen-bond donors (Lipinski definition) is 0. The van der Waals surface area contributed by atoms with Gasteiger partial charge >= 0.3 is 7.82 Å². The van der Waals surface area contributed by atoms with Gasteiger partial charge in [0.15, 0.2) is 0 Å². The SMILES string of the molecule is Cc1cc(OP(=O)(OCCN(C)C)OCCN(C)C)no1. The molecule has 0 radical (unpaired) electrons. The molecule has 0 N–H and O–H groups in total. The van der Waals surface area contributed by atoms with Crippen LogP contribution < -0.4 is 4.52 Å². The van der Waals surface area contributed by atoms with E-state index < -0.39 is 7.82 Å². The van der Waals surface area contributed by atoms with Crippen molar-refractivity contribution < 1.29 is 22.7 Å². The van der Waals surface area contributed by atoms with Crippen molar-refractivity contribution in [1.29, 1.82) is 0 Å². The van der Waals surface area contributed by atoms with E-state index in [1.807, 2.05) is 38.0 Å². The molecule has 21 heavy (non-hydrogen) atoms. The maximum absolute atomic E-state index is 12.6. The van der Waals surface area contributed by atoms with Gasteiger partial charge < -0.3 is 18.8 Å². The first-order valence-corrected chi connectivity index (χ1v) is 8.08. The summed E-state index contributed by atoms with van der Waals surface area (Å²) in [5.41, 5.74) is 0. The summed E-state index contributed by atoms with van der Waals surface area (Å²) in [5, 5.41) is 3.64. The topological polar surface area (TPSA) is 77.3 Å². The van der Waals surface area contributed by atoms with Crippen LogP contribution in [0.4, 0.5) is 0 Å². The van der Waals surface area contributed by atoms with E-state index in [1.165, 1.54) is 6.07 Å². The maximum Gasteiger partial charge on any atom is 0.531 e. The summed E-state index contributed by atoms with van der Waals surface area (Å²) in [4.78, 5) is 3.81. The number of rotatable bonds is 10. The van der Waals surface area contributed by atoms with E-state index in [-0.39, 0.29) is 19.1 Å². The minimum atomic E-state index is -3.72. The number of likely N-dealkylation sites (N-methyl/N-ethyl adjacent to an activating group) is 2. The van der Waals surface area contributed by atoms with Crippen LogP contribution in [0.15, 0.2) is 10.6 Å². The van der Waals surface area contributed by atoms with Gasteiger partial charge in [-0.15, -0.1) is 0 Å². The minimum absolute atomic E-state index is 0.0885. The first kappa shape index (κ1) is 18.1. The summed E-state index contributed by atoms with van der Waals surface area (Å²) in [7, 11) is 3.85. The highest BCUT2D eigenvalue weighted by atomic mass is 31.2. The Labute approximate surface area is 125 Å². The second-order valence-electron chi connectivity index (χ2n) is 5.09. The van der Waals surface area contributed by atoms with Crippen LogP contribution in [0.3, 0.4) is 0 Å². The Kier molecular flexibility index (Phi) is 7.34. The summed E-state index contributed by atoms with van der Waals surface area (Å²) < 4.78 is 33.3. The Morgan fingerprint density at radius 3 is 2.05 bits per heavy atom. The predicted molar refractivity (Wildman–Crippen MR) is 78.5 cm³/mol. The Morgan fingerprint density at radius 2 is 1.67 bits per heavy atom. The van der Waals surface area contributed by atoms with Crippen molar-refractivity contribution in [1.82, 2.24) is 15.0 Å². The zero-order valence-electron chi connectivity index (χ0n) is 13.2. The van der Waals surface area contributed by atoms with Gasteiger partial charge in [0.05, 0.1) is 13.2 Å². The normalized spacial score (nSPS) is 12.3. The molecule has 0 bridgehead atoms. The molecular weight excluding hydrogens is 297 g/mol. The summed E-state index contributed by atoms with van der Waals surface area (Å²) in [5.74, 6) is 0.642. The summed E-state index contributed by atoms with van der Waals surface area (Å²) in [6.45, 7) is 3.36. The monoisotopic (exact) mass is 321 g/mol. The quantitative estimate of drug-likeness (QED) is 0.602. The van der Waals surface area contributed by atoms with Crippen LogP contribution >= 0.6 is 7.82 Å². The maximum atomic E-state index is 12.6. The molecule has 0 aromatic carbocycles. The van der Waals surface area contributed by atoms with Crippen LogP contribution in [0.2, 0.25) is 0 Å². The number of aromatic nitrogens is 1. The van der Waals surface area contributed by atoms with E-state index in [0.29, 0.717) is 18.8 Å². The van der Waals surface area contributed by atoms with Crippen molar-refractivity contribution in [2.24, 2.45) is 0 Å². The molecule has 0 saturated carbocycles. The number of phosphoric acid groups is 1. The fourth-order valence-electron chi connectivity index (χ4n) is 1.26. The Bertz CT molecular complexity index is 446. The highest BCUT2D eigenvalue weighted by Gasteiger charge is 2.30. The number of hydrogen-bond acceptors (Lipinski definition) is 8. The first-order chi connectivity index (χ1) is 9.81. The zero-order valence-corrected chi connectivity index (χ0v) is 14.1. The molecule has 1 aromatic heterocycles. The lowest BCUT2D eigenvalue weighted by molar-refractivity contribution is 0.135. The van der Waals surface area contributed by atoms with Crippen molar-refractivity contribution >= 4 is 7.82 Å². The molecule has 8 nitrogen and oxygen atoms in total. The number of nitrogens with zero attached hydrogens (tertiary/aromatic N) is 3. The van der Waals surface area contributed by atoms with Crippen LogP contribution in [0.5, 0.6) is 5.88 Å². The molecule has 0 saturated heterocycles. The van der Waals surface area contributed by atoms with Gasteiger partial charge in [-0.25, -0.2) is 4.57 Å². The van der Waals surface area contributed by atoms with Crippen molar-refractivity contribution in [2.75, 3.05) is 54.5 Å². The lowest BCUT2D eigenvalue weighted by Gasteiger charge is -2.19. The van der Waals surface area contributed by atoms with E-state index in [4.69, 9.17) is 18.1 Å². The van der Waals surface area contributed by atoms with Crippen molar-refractivity contribution in [3.05, 3.63) is 11.8 Å². The van der Waals surface area contributed by atoms with Crippen LogP contribution in [-0.2, 0) is 13.6 Å². The molecule has 1 aromatic rings. The van der Waals surface area contributed by atoms with Gasteiger partial charge in [0.25, 0.3) is 5.88 Å². The van der Waals surface area contributed by atoms with Gasteiger partial charge in [0, 0.05) is 19.2 Å². The molecule has 0 aliphatic carbocycles. The second-order valence-corrected chi connectivity index (χ2v) is 6.68. The highest BCUT2D eigenvalue weighted by Crippen LogP contribution is 2.49. The number of phosphoric ester groups is 1. The van der Waals surface area contributed by atoms with E-state index in [9.17, 15) is 4.57 Å². The lowest BCUT2D eigenvalue weighted by atomic mass is 10.5. The summed E-state index contributed by atoms with van der Waals surface area (Å²) in [6, 6.07) is 1.53. The zero-order chi connectivity index (χ0) is 15.9. The molecular formula is C12H24N3O5P. The number of aryl methyl sites for hydroxylation is 1. The minimum Gasteiger partial charge on any atom is -0.382 e. The molecule has 0 spiro atoms. The fourth-order valence-corrected chi connectivity index (χ4v) is 2.37. The largest absolute Gasteiger partial charge is 0.531 e. The molecule has 0 amide bonds. The Morgan fingerprint density at radius 1 is 1.14 bits per heavy atom. The highest BCUT2D eigenvalue weighted by molar-refractivity contribution is 7.48. The molecule has 0 aliphatic heterocycles. The molecule has 0 unspecified atom stereocenters. The molecule has 1 heterocycles. The molecule has 0 aliphatic rings. The molecule has 0 fully saturated rings. The van der Waals surface area contributed by atoms with E-state index in [0.717, 1.165) is 0 Å². The van der Waals surface area contributed by atoms with E-state index >= 15 is 0 Å². The third-order valence-corrected chi connectivity index (χ3v) is 3.80. The summed E-state index contributed by atoms with van der Waals surface area (Å²) in [6.07, 6.45) is 0. The van der Waals surface area contributed by atoms with Gasteiger partial charge in [0.1, 0.15) is 5.76 Å².